The van der Waals surface area contributed by atoms with Crippen LogP contribution < -0.4 is 5.32 Å². The fourth-order valence-electron chi connectivity index (χ4n) is 2.42. The molecule has 1 aliphatic carbocycles. The van der Waals surface area contributed by atoms with Crippen LogP contribution in [0, 0.1) is 12.3 Å². The smallest absolute Gasteiger partial charge is 0.00982 e. The van der Waals surface area contributed by atoms with Gasteiger partial charge in [0.1, 0.15) is 0 Å². The Labute approximate surface area is 94.4 Å². The van der Waals surface area contributed by atoms with Gasteiger partial charge in [0.05, 0.1) is 0 Å². The average Bonchev–Trinajstić information content (AvgIpc) is 2.29. The van der Waals surface area contributed by atoms with Gasteiger partial charge in [-0.3, -0.25) is 0 Å². The summed E-state index contributed by atoms with van der Waals surface area (Å²) in [6.07, 6.45) is 12.6. The molecule has 0 aromatic heterocycles. The fourth-order valence-corrected chi connectivity index (χ4v) is 2.42. The summed E-state index contributed by atoms with van der Waals surface area (Å²) in [5.41, 5.74) is 0. The molecular weight excluding hydrogens is 184 g/mol. The Morgan fingerprint density at radius 3 is 2.53 bits per heavy atom. The van der Waals surface area contributed by atoms with E-state index in [0.717, 1.165) is 31.5 Å². The summed E-state index contributed by atoms with van der Waals surface area (Å²) in [4.78, 5) is 2.49. The molecule has 1 aliphatic rings. The molecule has 15 heavy (non-hydrogen) atoms. The Morgan fingerprint density at radius 2 is 2.00 bits per heavy atom. The van der Waals surface area contributed by atoms with Crippen molar-refractivity contribution >= 4 is 0 Å². The molecule has 0 heterocycles. The topological polar surface area (TPSA) is 15.3 Å². The van der Waals surface area contributed by atoms with Crippen molar-refractivity contribution in [1.29, 1.82) is 0 Å². The molecule has 0 aromatic rings. The van der Waals surface area contributed by atoms with Crippen LogP contribution in [0.15, 0.2) is 0 Å². The standard InChI is InChI=1S/C13H24N2/c1-4-5-6-11-15(3)13-9-7-12(14-2)8-10-13/h1,12-14H,5-11H2,2-3H3. The second-order valence-corrected chi connectivity index (χ2v) is 4.58. The summed E-state index contributed by atoms with van der Waals surface area (Å²) in [7, 11) is 4.31. The van der Waals surface area contributed by atoms with Crippen LogP contribution in [0.2, 0.25) is 0 Å². The minimum Gasteiger partial charge on any atom is -0.317 e. The minimum atomic E-state index is 0.750. The maximum absolute atomic E-state index is 5.25. The molecule has 86 valence electrons. The van der Waals surface area contributed by atoms with E-state index in [-0.39, 0.29) is 0 Å². The average molecular weight is 208 g/mol. The monoisotopic (exact) mass is 208 g/mol. The van der Waals surface area contributed by atoms with Crippen molar-refractivity contribution in [3.8, 4) is 12.3 Å². The first kappa shape index (κ1) is 12.5. The highest BCUT2D eigenvalue weighted by Crippen LogP contribution is 2.22. The zero-order valence-corrected chi connectivity index (χ0v) is 10.1. The van der Waals surface area contributed by atoms with Crippen molar-refractivity contribution in [1.82, 2.24) is 10.2 Å². The zero-order chi connectivity index (χ0) is 11.1. The van der Waals surface area contributed by atoms with Gasteiger partial charge in [0.2, 0.25) is 0 Å². The van der Waals surface area contributed by atoms with E-state index in [1.165, 1.54) is 25.7 Å². The molecule has 0 aliphatic heterocycles. The lowest BCUT2D eigenvalue weighted by Crippen LogP contribution is -2.40. The molecule has 0 amide bonds. The van der Waals surface area contributed by atoms with E-state index < -0.39 is 0 Å². The molecule has 0 bridgehead atoms. The predicted octanol–water partition coefficient (Wildman–Crippen LogP) is 1.86. The lowest BCUT2D eigenvalue weighted by atomic mass is 9.90. The van der Waals surface area contributed by atoms with Gasteiger partial charge in [0.25, 0.3) is 0 Å². The first-order chi connectivity index (χ1) is 7.27. The number of hydrogen-bond acceptors (Lipinski definition) is 2. The molecule has 0 spiro atoms. The van der Waals surface area contributed by atoms with Crippen molar-refractivity contribution in [2.75, 3.05) is 20.6 Å². The second kappa shape index (κ2) is 6.87. The first-order valence-electron chi connectivity index (χ1n) is 6.09. The van der Waals surface area contributed by atoms with Crippen LogP contribution in [0.5, 0.6) is 0 Å². The number of terminal acetylenes is 1. The summed E-state index contributed by atoms with van der Waals surface area (Å²) in [5.74, 6) is 2.71. The van der Waals surface area contributed by atoms with Crippen molar-refractivity contribution in [2.24, 2.45) is 0 Å². The molecule has 0 radical (unpaired) electrons. The normalized spacial score (nSPS) is 26.5. The molecule has 2 heteroatoms. The Kier molecular flexibility index (Phi) is 5.75. The summed E-state index contributed by atoms with van der Waals surface area (Å²) in [6, 6.07) is 1.53. The van der Waals surface area contributed by atoms with Gasteiger partial charge in [-0.15, -0.1) is 12.3 Å². The lowest BCUT2D eigenvalue weighted by Gasteiger charge is -2.34. The summed E-state index contributed by atoms with van der Waals surface area (Å²) >= 11 is 0. The number of hydrogen-bond donors (Lipinski definition) is 1. The first-order valence-corrected chi connectivity index (χ1v) is 6.09. The zero-order valence-electron chi connectivity index (χ0n) is 10.1. The third-order valence-corrected chi connectivity index (χ3v) is 3.56. The van der Waals surface area contributed by atoms with Crippen molar-refractivity contribution in [2.45, 2.75) is 50.6 Å². The highest BCUT2D eigenvalue weighted by atomic mass is 15.1. The molecule has 1 saturated carbocycles. The van der Waals surface area contributed by atoms with Crippen LogP contribution in [0.4, 0.5) is 0 Å². The quantitative estimate of drug-likeness (QED) is 0.548. The molecular formula is C13H24N2. The summed E-state index contributed by atoms with van der Waals surface area (Å²) < 4.78 is 0. The third-order valence-electron chi connectivity index (χ3n) is 3.56. The van der Waals surface area contributed by atoms with Crippen LogP contribution >= 0.6 is 0 Å². The van der Waals surface area contributed by atoms with Gasteiger partial charge in [-0.1, -0.05) is 0 Å². The van der Waals surface area contributed by atoms with Crippen molar-refractivity contribution < 1.29 is 0 Å². The summed E-state index contributed by atoms with van der Waals surface area (Å²) in [5, 5.41) is 3.37. The molecule has 2 nitrogen and oxygen atoms in total. The van der Waals surface area contributed by atoms with E-state index in [1.54, 1.807) is 0 Å². The molecule has 0 atom stereocenters. The van der Waals surface area contributed by atoms with E-state index in [1.807, 2.05) is 0 Å². The SMILES string of the molecule is C#CCCCN(C)C1CCC(NC)CC1. The van der Waals surface area contributed by atoms with Gasteiger partial charge in [0.15, 0.2) is 0 Å². The Hall–Kier alpha value is -0.520. The Bertz CT molecular complexity index is 199. The third kappa shape index (κ3) is 4.24. The fraction of sp³-hybridized carbons (Fsp3) is 0.846. The van der Waals surface area contributed by atoms with Gasteiger partial charge in [-0.2, -0.15) is 0 Å². The van der Waals surface area contributed by atoms with Crippen molar-refractivity contribution in [3.63, 3.8) is 0 Å². The summed E-state index contributed by atoms with van der Waals surface area (Å²) in [6.45, 7) is 1.15. The number of nitrogens with zero attached hydrogens (tertiary/aromatic N) is 1. The maximum atomic E-state index is 5.25. The number of nitrogens with one attached hydrogen (secondary N) is 1. The largest absolute Gasteiger partial charge is 0.317 e. The van der Waals surface area contributed by atoms with Crippen LogP contribution in [0.3, 0.4) is 0 Å². The number of rotatable bonds is 5. The molecule has 0 unspecified atom stereocenters. The lowest BCUT2D eigenvalue weighted by molar-refractivity contribution is 0.175. The highest BCUT2D eigenvalue weighted by molar-refractivity contribution is 4.85. The van der Waals surface area contributed by atoms with Crippen LogP contribution in [0.25, 0.3) is 0 Å². The van der Waals surface area contributed by atoms with Gasteiger partial charge >= 0.3 is 0 Å². The Balaban J connectivity index is 2.18. The maximum Gasteiger partial charge on any atom is 0.00982 e. The molecule has 0 aromatic carbocycles. The van der Waals surface area contributed by atoms with E-state index in [9.17, 15) is 0 Å². The number of unbranched alkanes of at least 4 members (excludes halogenated alkanes) is 1. The van der Waals surface area contributed by atoms with E-state index in [0.29, 0.717) is 0 Å². The van der Waals surface area contributed by atoms with Gasteiger partial charge in [0, 0.05) is 18.5 Å². The van der Waals surface area contributed by atoms with Crippen LogP contribution in [-0.4, -0.2) is 37.6 Å². The molecule has 1 fully saturated rings. The minimum absolute atomic E-state index is 0.750. The van der Waals surface area contributed by atoms with E-state index in [4.69, 9.17) is 6.42 Å². The van der Waals surface area contributed by atoms with E-state index >= 15 is 0 Å². The molecule has 0 saturated heterocycles. The Morgan fingerprint density at radius 1 is 1.33 bits per heavy atom. The van der Waals surface area contributed by atoms with Crippen LogP contribution in [-0.2, 0) is 0 Å². The van der Waals surface area contributed by atoms with Gasteiger partial charge in [-0.05, 0) is 52.7 Å². The highest BCUT2D eigenvalue weighted by Gasteiger charge is 2.22. The van der Waals surface area contributed by atoms with Crippen LogP contribution in [0.1, 0.15) is 38.5 Å². The second-order valence-electron chi connectivity index (χ2n) is 4.58. The molecule has 1 rings (SSSR count). The van der Waals surface area contributed by atoms with Crippen molar-refractivity contribution in [3.05, 3.63) is 0 Å². The van der Waals surface area contributed by atoms with Gasteiger partial charge in [-0.25, -0.2) is 0 Å². The predicted molar refractivity (Wildman–Crippen MR) is 65.8 cm³/mol. The van der Waals surface area contributed by atoms with E-state index in [2.05, 4.69) is 30.2 Å². The molecule has 1 N–H and O–H groups in total. The van der Waals surface area contributed by atoms with Gasteiger partial charge < -0.3 is 10.2 Å².